The van der Waals surface area contributed by atoms with Gasteiger partial charge in [-0.15, -0.1) is 0 Å². The number of piperidine rings is 1. The monoisotopic (exact) mass is 262 g/mol. The summed E-state index contributed by atoms with van der Waals surface area (Å²) in [6.45, 7) is 3.33. The minimum atomic E-state index is -0.328. The van der Waals surface area contributed by atoms with Crippen molar-refractivity contribution in [1.29, 1.82) is 0 Å². The first-order valence-electron chi connectivity index (χ1n) is 7.31. The molecule has 2 unspecified atom stereocenters. The standard InChI is InChI=1S/C15H22N2O2/c1-11(18)12-4-2-8-16(10-12)15(19)14-5-3-9-17(14)13-6-7-13/h3,5,9,11-13,18H,2,4,6-8,10H2,1H3. The van der Waals surface area contributed by atoms with Crippen molar-refractivity contribution in [2.75, 3.05) is 13.1 Å². The highest BCUT2D eigenvalue weighted by molar-refractivity contribution is 5.93. The van der Waals surface area contributed by atoms with Gasteiger partial charge in [0.15, 0.2) is 0 Å². The predicted molar refractivity (Wildman–Crippen MR) is 73.0 cm³/mol. The maximum atomic E-state index is 12.6. The van der Waals surface area contributed by atoms with Gasteiger partial charge in [-0.3, -0.25) is 4.79 Å². The largest absolute Gasteiger partial charge is 0.393 e. The molecule has 1 aliphatic heterocycles. The molecule has 1 saturated carbocycles. The molecule has 0 aromatic carbocycles. The Morgan fingerprint density at radius 2 is 2.21 bits per heavy atom. The van der Waals surface area contributed by atoms with Crippen molar-refractivity contribution in [3.05, 3.63) is 24.0 Å². The van der Waals surface area contributed by atoms with Crippen molar-refractivity contribution in [3.63, 3.8) is 0 Å². The Hall–Kier alpha value is -1.29. The van der Waals surface area contributed by atoms with Gasteiger partial charge in [0.2, 0.25) is 0 Å². The van der Waals surface area contributed by atoms with Crippen LogP contribution in [0.4, 0.5) is 0 Å². The fraction of sp³-hybridized carbons (Fsp3) is 0.667. The van der Waals surface area contributed by atoms with Crippen LogP contribution in [0.1, 0.15) is 49.1 Å². The van der Waals surface area contributed by atoms with E-state index in [1.165, 1.54) is 12.8 Å². The Kier molecular flexibility index (Phi) is 3.35. The van der Waals surface area contributed by atoms with Crippen molar-refractivity contribution in [3.8, 4) is 0 Å². The van der Waals surface area contributed by atoms with Gasteiger partial charge >= 0.3 is 0 Å². The van der Waals surface area contributed by atoms with E-state index in [2.05, 4.69) is 4.57 Å². The number of carbonyl (C=O) groups excluding carboxylic acids is 1. The molecule has 1 saturated heterocycles. The van der Waals surface area contributed by atoms with E-state index in [1.807, 2.05) is 30.2 Å². The summed E-state index contributed by atoms with van der Waals surface area (Å²) in [5.41, 5.74) is 0.814. The highest BCUT2D eigenvalue weighted by Crippen LogP contribution is 2.36. The minimum Gasteiger partial charge on any atom is -0.393 e. The molecule has 2 aliphatic rings. The number of likely N-dealkylation sites (tertiary alicyclic amines) is 1. The molecule has 0 bridgehead atoms. The minimum absolute atomic E-state index is 0.127. The number of aromatic nitrogens is 1. The normalized spacial score (nSPS) is 25.4. The van der Waals surface area contributed by atoms with Crippen molar-refractivity contribution >= 4 is 5.91 Å². The molecule has 1 amide bonds. The zero-order valence-corrected chi connectivity index (χ0v) is 11.5. The van der Waals surface area contributed by atoms with E-state index in [0.29, 0.717) is 12.6 Å². The molecule has 1 aliphatic carbocycles. The first-order valence-corrected chi connectivity index (χ1v) is 7.31. The average molecular weight is 262 g/mol. The lowest BCUT2D eigenvalue weighted by molar-refractivity contribution is 0.0458. The quantitative estimate of drug-likeness (QED) is 0.906. The van der Waals surface area contributed by atoms with E-state index in [-0.39, 0.29) is 17.9 Å². The van der Waals surface area contributed by atoms with E-state index in [0.717, 1.165) is 25.1 Å². The molecule has 2 atom stereocenters. The second-order valence-electron chi connectivity index (χ2n) is 5.93. The van der Waals surface area contributed by atoms with E-state index in [9.17, 15) is 9.90 Å². The molecule has 3 rings (SSSR count). The Morgan fingerprint density at radius 1 is 1.42 bits per heavy atom. The molecular weight excluding hydrogens is 240 g/mol. The van der Waals surface area contributed by atoms with Gasteiger partial charge in [-0.25, -0.2) is 0 Å². The average Bonchev–Trinajstić information content (AvgIpc) is 3.15. The molecule has 0 radical (unpaired) electrons. The van der Waals surface area contributed by atoms with E-state index in [4.69, 9.17) is 0 Å². The first kappa shape index (κ1) is 12.7. The maximum Gasteiger partial charge on any atom is 0.270 e. The lowest BCUT2D eigenvalue weighted by atomic mass is 9.93. The molecule has 0 spiro atoms. The molecule has 2 fully saturated rings. The van der Waals surface area contributed by atoms with Gasteiger partial charge in [0.25, 0.3) is 5.91 Å². The van der Waals surface area contributed by atoms with Crippen LogP contribution in [-0.2, 0) is 0 Å². The second kappa shape index (κ2) is 5.00. The number of hydrogen-bond donors (Lipinski definition) is 1. The molecule has 1 aromatic heterocycles. The predicted octanol–water partition coefficient (Wildman–Crippen LogP) is 2.06. The second-order valence-corrected chi connectivity index (χ2v) is 5.93. The Bertz CT molecular complexity index is 462. The number of hydrogen-bond acceptors (Lipinski definition) is 2. The third kappa shape index (κ3) is 2.54. The summed E-state index contributed by atoms with van der Waals surface area (Å²) in [5.74, 6) is 0.351. The fourth-order valence-corrected chi connectivity index (χ4v) is 3.00. The smallest absolute Gasteiger partial charge is 0.270 e. The lowest BCUT2D eigenvalue weighted by Crippen LogP contribution is -2.43. The van der Waals surface area contributed by atoms with Gasteiger partial charge in [0.1, 0.15) is 5.69 Å². The van der Waals surface area contributed by atoms with Crippen LogP contribution < -0.4 is 0 Å². The first-order chi connectivity index (χ1) is 9.16. The molecule has 4 heteroatoms. The molecular formula is C15H22N2O2. The van der Waals surface area contributed by atoms with Crippen molar-refractivity contribution in [1.82, 2.24) is 9.47 Å². The topological polar surface area (TPSA) is 45.5 Å². The highest BCUT2D eigenvalue weighted by Gasteiger charge is 2.31. The fourth-order valence-electron chi connectivity index (χ4n) is 3.00. The Balaban J connectivity index is 1.74. The van der Waals surface area contributed by atoms with Gasteiger partial charge in [0.05, 0.1) is 6.10 Å². The molecule has 1 N–H and O–H groups in total. The number of aliphatic hydroxyl groups excluding tert-OH is 1. The molecule has 1 aromatic rings. The SMILES string of the molecule is CC(O)C1CCCN(C(=O)c2cccn2C2CC2)C1. The van der Waals surface area contributed by atoms with Gasteiger partial charge in [-0.1, -0.05) is 0 Å². The number of carbonyl (C=O) groups is 1. The van der Waals surface area contributed by atoms with Crippen LogP contribution in [0.3, 0.4) is 0 Å². The van der Waals surface area contributed by atoms with E-state index in [1.54, 1.807) is 0 Å². The van der Waals surface area contributed by atoms with Gasteiger partial charge < -0.3 is 14.6 Å². The van der Waals surface area contributed by atoms with Crippen molar-refractivity contribution < 1.29 is 9.90 Å². The lowest BCUT2D eigenvalue weighted by Gasteiger charge is -2.34. The van der Waals surface area contributed by atoms with Crippen LogP contribution in [0.2, 0.25) is 0 Å². The van der Waals surface area contributed by atoms with E-state index < -0.39 is 0 Å². The Morgan fingerprint density at radius 3 is 2.89 bits per heavy atom. The van der Waals surface area contributed by atoms with E-state index >= 15 is 0 Å². The van der Waals surface area contributed by atoms with Crippen LogP contribution in [0, 0.1) is 5.92 Å². The molecule has 2 heterocycles. The highest BCUT2D eigenvalue weighted by atomic mass is 16.3. The summed E-state index contributed by atoms with van der Waals surface area (Å²) in [4.78, 5) is 14.5. The van der Waals surface area contributed by atoms with Crippen LogP contribution in [0.5, 0.6) is 0 Å². The van der Waals surface area contributed by atoms with Gasteiger partial charge in [0, 0.05) is 31.2 Å². The van der Waals surface area contributed by atoms with Crippen LogP contribution in [0.15, 0.2) is 18.3 Å². The van der Waals surface area contributed by atoms with Crippen molar-refractivity contribution in [2.24, 2.45) is 5.92 Å². The number of rotatable bonds is 3. The van der Waals surface area contributed by atoms with Crippen LogP contribution in [0.25, 0.3) is 0 Å². The zero-order valence-electron chi connectivity index (χ0n) is 11.5. The number of aliphatic hydroxyl groups is 1. The third-order valence-corrected chi connectivity index (χ3v) is 4.37. The summed E-state index contributed by atoms with van der Waals surface area (Å²) in [7, 11) is 0. The molecule has 104 valence electrons. The molecule has 4 nitrogen and oxygen atoms in total. The summed E-state index contributed by atoms with van der Waals surface area (Å²) < 4.78 is 2.12. The zero-order chi connectivity index (χ0) is 13.4. The number of nitrogens with zero attached hydrogens (tertiary/aromatic N) is 2. The molecule has 19 heavy (non-hydrogen) atoms. The van der Waals surface area contributed by atoms with Crippen molar-refractivity contribution in [2.45, 2.75) is 44.8 Å². The van der Waals surface area contributed by atoms with Gasteiger partial charge in [-0.05, 0) is 44.7 Å². The Labute approximate surface area is 114 Å². The maximum absolute atomic E-state index is 12.6. The summed E-state index contributed by atoms with van der Waals surface area (Å²) in [5, 5.41) is 9.72. The number of amides is 1. The van der Waals surface area contributed by atoms with Gasteiger partial charge in [-0.2, -0.15) is 0 Å². The summed E-state index contributed by atoms with van der Waals surface area (Å²) in [6.07, 6.45) is 6.07. The summed E-state index contributed by atoms with van der Waals surface area (Å²) >= 11 is 0. The summed E-state index contributed by atoms with van der Waals surface area (Å²) in [6, 6.07) is 4.42. The van der Waals surface area contributed by atoms with Crippen LogP contribution in [-0.4, -0.2) is 39.7 Å². The third-order valence-electron chi connectivity index (χ3n) is 4.37. The van der Waals surface area contributed by atoms with Crippen LogP contribution >= 0.6 is 0 Å².